The van der Waals surface area contributed by atoms with Crippen LogP contribution in [-0.4, -0.2) is 5.97 Å². The molecule has 0 atom stereocenters. The van der Waals surface area contributed by atoms with Crippen molar-refractivity contribution in [2.75, 3.05) is 0 Å². The fourth-order valence-electron chi connectivity index (χ4n) is 0.665. The number of allylic oxidation sites excluding steroid dienone is 1. The van der Waals surface area contributed by atoms with Crippen LogP contribution >= 0.6 is 31.9 Å². The standard InChI is InChI=1S/C7H4Br2O2/c1-2-4-6(9)5(3-8)11-7(4)10/h2-3H,1H2/b5-3-. The lowest BCUT2D eigenvalue weighted by atomic mass is 10.3. The number of hydrogen-bond donors (Lipinski definition) is 0. The predicted molar refractivity (Wildman–Crippen MR) is 49.3 cm³/mol. The SMILES string of the molecule is C=CC1=C(Br)/C(=C/Br)OC1=O. The minimum Gasteiger partial charge on any atom is -0.421 e. The molecule has 0 aromatic carbocycles. The summed E-state index contributed by atoms with van der Waals surface area (Å²) in [6, 6.07) is 0. The molecule has 0 saturated carbocycles. The summed E-state index contributed by atoms with van der Waals surface area (Å²) in [4.78, 5) is 12.5. The second-order valence-electron chi connectivity index (χ2n) is 1.79. The van der Waals surface area contributed by atoms with Crippen molar-refractivity contribution in [2.45, 2.75) is 0 Å². The smallest absolute Gasteiger partial charge is 0.344 e. The minimum absolute atomic E-state index is 0.377. The molecule has 0 fully saturated rings. The van der Waals surface area contributed by atoms with Gasteiger partial charge in [-0.2, -0.15) is 0 Å². The lowest BCUT2D eigenvalue weighted by Crippen LogP contribution is -1.95. The summed E-state index contributed by atoms with van der Waals surface area (Å²) >= 11 is 6.26. The Morgan fingerprint density at radius 1 is 1.55 bits per heavy atom. The molecular formula is C7H4Br2O2. The van der Waals surface area contributed by atoms with Gasteiger partial charge in [0.15, 0.2) is 5.76 Å². The molecule has 0 bridgehead atoms. The van der Waals surface area contributed by atoms with E-state index >= 15 is 0 Å². The van der Waals surface area contributed by atoms with Crippen LogP contribution in [0.5, 0.6) is 0 Å². The molecule has 2 nitrogen and oxygen atoms in total. The van der Waals surface area contributed by atoms with Gasteiger partial charge >= 0.3 is 5.97 Å². The van der Waals surface area contributed by atoms with E-state index in [0.717, 1.165) is 0 Å². The molecular weight excluding hydrogens is 276 g/mol. The third-order valence-electron chi connectivity index (χ3n) is 1.18. The maximum atomic E-state index is 10.9. The molecule has 0 amide bonds. The molecule has 0 radical (unpaired) electrons. The van der Waals surface area contributed by atoms with E-state index in [1.165, 1.54) is 11.1 Å². The Labute approximate surface area is 80.9 Å². The Hall–Kier alpha value is -0.350. The third kappa shape index (κ3) is 1.46. The summed E-state index contributed by atoms with van der Waals surface area (Å²) in [5, 5.41) is 0. The van der Waals surface area contributed by atoms with Crippen LogP contribution < -0.4 is 0 Å². The van der Waals surface area contributed by atoms with Crippen molar-refractivity contribution in [3.63, 3.8) is 0 Å². The fraction of sp³-hybridized carbons (Fsp3) is 0. The van der Waals surface area contributed by atoms with Gasteiger partial charge in [-0.05, 0) is 15.9 Å². The summed E-state index contributed by atoms with van der Waals surface area (Å²) in [7, 11) is 0. The zero-order valence-corrected chi connectivity index (χ0v) is 8.61. The van der Waals surface area contributed by atoms with Crippen LogP contribution in [-0.2, 0) is 9.53 Å². The molecule has 0 aromatic rings. The zero-order valence-electron chi connectivity index (χ0n) is 5.43. The molecule has 0 saturated heterocycles. The van der Waals surface area contributed by atoms with Crippen LogP contribution in [0.25, 0.3) is 0 Å². The topological polar surface area (TPSA) is 26.3 Å². The highest BCUT2D eigenvalue weighted by molar-refractivity contribution is 9.12. The number of carbonyl (C=O) groups is 1. The van der Waals surface area contributed by atoms with Gasteiger partial charge < -0.3 is 4.74 Å². The van der Waals surface area contributed by atoms with E-state index < -0.39 is 0 Å². The summed E-state index contributed by atoms with van der Waals surface area (Å²) in [5.41, 5.74) is 0.454. The molecule has 4 heteroatoms. The number of esters is 1. The van der Waals surface area contributed by atoms with Crippen LogP contribution in [0.3, 0.4) is 0 Å². The monoisotopic (exact) mass is 278 g/mol. The number of halogens is 2. The molecule has 1 rings (SSSR count). The minimum atomic E-state index is -0.377. The summed E-state index contributed by atoms with van der Waals surface area (Å²) in [6.45, 7) is 3.48. The number of hydrogen-bond acceptors (Lipinski definition) is 2. The number of carbonyl (C=O) groups excluding carboxylic acids is 1. The van der Waals surface area contributed by atoms with E-state index in [2.05, 4.69) is 38.4 Å². The van der Waals surface area contributed by atoms with E-state index in [-0.39, 0.29) is 5.97 Å². The van der Waals surface area contributed by atoms with Crippen LogP contribution in [0, 0.1) is 0 Å². The highest BCUT2D eigenvalue weighted by Crippen LogP contribution is 2.31. The first-order valence-corrected chi connectivity index (χ1v) is 4.46. The van der Waals surface area contributed by atoms with Gasteiger partial charge in [0.2, 0.25) is 0 Å². The summed E-state index contributed by atoms with van der Waals surface area (Å²) in [5.74, 6) is 0.0995. The first kappa shape index (κ1) is 8.74. The maximum absolute atomic E-state index is 10.9. The highest BCUT2D eigenvalue weighted by atomic mass is 79.9. The third-order valence-corrected chi connectivity index (χ3v) is 2.41. The van der Waals surface area contributed by atoms with Crippen LogP contribution in [0.1, 0.15) is 0 Å². The quantitative estimate of drug-likeness (QED) is 0.690. The van der Waals surface area contributed by atoms with E-state index in [1.54, 1.807) is 0 Å². The molecule has 11 heavy (non-hydrogen) atoms. The molecule has 0 aliphatic carbocycles. The average molecular weight is 280 g/mol. The van der Waals surface area contributed by atoms with Gasteiger partial charge in [0.25, 0.3) is 0 Å². The Morgan fingerprint density at radius 3 is 2.45 bits per heavy atom. The normalized spacial score (nSPS) is 20.9. The summed E-state index contributed by atoms with van der Waals surface area (Å²) < 4.78 is 5.44. The van der Waals surface area contributed by atoms with Gasteiger partial charge in [-0.15, -0.1) is 0 Å². The Bertz CT molecular complexity index is 276. The van der Waals surface area contributed by atoms with Gasteiger partial charge in [-0.3, -0.25) is 0 Å². The Balaban J connectivity index is 3.14. The molecule has 1 aliphatic rings. The van der Waals surface area contributed by atoms with Gasteiger partial charge in [0.05, 0.1) is 10.1 Å². The number of cyclic esters (lactones) is 1. The fourth-order valence-corrected chi connectivity index (χ4v) is 1.81. The number of ether oxygens (including phenoxy) is 1. The predicted octanol–water partition coefficient (Wildman–Crippen LogP) is 2.61. The number of rotatable bonds is 1. The molecule has 1 aliphatic heterocycles. The molecule has 0 unspecified atom stereocenters. The van der Waals surface area contributed by atoms with Gasteiger partial charge in [0.1, 0.15) is 0 Å². The van der Waals surface area contributed by atoms with Crippen molar-refractivity contribution in [3.8, 4) is 0 Å². The van der Waals surface area contributed by atoms with Crippen molar-refractivity contribution in [1.82, 2.24) is 0 Å². The average Bonchev–Trinajstić information content (AvgIpc) is 2.26. The molecule has 0 aromatic heterocycles. The van der Waals surface area contributed by atoms with Crippen molar-refractivity contribution in [2.24, 2.45) is 0 Å². The second-order valence-corrected chi connectivity index (χ2v) is 3.05. The zero-order chi connectivity index (χ0) is 8.43. The van der Waals surface area contributed by atoms with E-state index in [1.807, 2.05) is 0 Å². The molecule has 0 spiro atoms. The van der Waals surface area contributed by atoms with Gasteiger partial charge in [-0.25, -0.2) is 4.79 Å². The van der Waals surface area contributed by atoms with Gasteiger partial charge in [0, 0.05) is 4.99 Å². The largest absolute Gasteiger partial charge is 0.421 e. The van der Waals surface area contributed by atoms with Crippen LogP contribution in [0.15, 0.2) is 33.5 Å². The van der Waals surface area contributed by atoms with Crippen molar-refractivity contribution in [3.05, 3.63) is 33.5 Å². The molecule has 58 valence electrons. The van der Waals surface area contributed by atoms with E-state index in [0.29, 0.717) is 15.8 Å². The molecule has 0 N–H and O–H groups in total. The maximum Gasteiger partial charge on any atom is 0.344 e. The summed E-state index contributed by atoms with van der Waals surface area (Å²) in [6.07, 6.45) is 1.45. The highest BCUT2D eigenvalue weighted by Gasteiger charge is 2.25. The van der Waals surface area contributed by atoms with E-state index in [9.17, 15) is 4.79 Å². The first-order valence-electron chi connectivity index (χ1n) is 2.76. The van der Waals surface area contributed by atoms with E-state index in [4.69, 9.17) is 4.74 Å². The van der Waals surface area contributed by atoms with Crippen molar-refractivity contribution < 1.29 is 9.53 Å². The lowest BCUT2D eigenvalue weighted by molar-refractivity contribution is -0.132. The van der Waals surface area contributed by atoms with Gasteiger partial charge in [-0.1, -0.05) is 28.6 Å². The lowest BCUT2D eigenvalue weighted by Gasteiger charge is -1.91. The second kappa shape index (κ2) is 3.36. The molecule has 1 heterocycles. The Kier molecular flexibility index (Phi) is 2.67. The van der Waals surface area contributed by atoms with Crippen LogP contribution in [0.2, 0.25) is 0 Å². The van der Waals surface area contributed by atoms with Crippen molar-refractivity contribution in [1.29, 1.82) is 0 Å². The Morgan fingerprint density at radius 2 is 2.18 bits per heavy atom. The van der Waals surface area contributed by atoms with Crippen LogP contribution in [0.4, 0.5) is 0 Å². The van der Waals surface area contributed by atoms with Crippen molar-refractivity contribution >= 4 is 37.8 Å². The first-order chi connectivity index (χ1) is 5.20.